The minimum absolute atomic E-state index is 0.186. The highest BCUT2D eigenvalue weighted by atomic mass is 79.9. The number of benzene rings is 1. The number of nitrogens with zero attached hydrogens (tertiary/aromatic N) is 3. The zero-order valence-electron chi connectivity index (χ0n) is 8.86. The molecule has 1 aromatic carbocycles. The first-order valence-electron chi connectivity index (χ1n) is 4.89. The fraction of sp³-hybridized carbons (Fsp3) is 0.300. The van der Waals surface area contributed by atoms with Crippen molar-refractivity contribution in [3.63, 3.8) is 0 Å². The van der Waals surface area contributed by atoms with Gasteiger partial charge in [0.05, 0.1) is 5.56 Å². The first kappa shape index (κ1) is 13.8. The largest absolute Gasteiger partial charge is 0.352 e. The molecule has 0 saturated heterocycles. The molecule has 1 N–H and O–H groups in total. The number of hydrogen-bond donors (Lipinski definition) is 1. The fourth-order valence-corrected chi connectivity index (χ4v) is 2.03. The normalized spacial score (nSPS) is 9.53. The van der Waals surface area contributed by atoms with Crippen LogP contribution < -0.4 is 5.32 Å². The van der Waals surface area contributed by atoms with Gasteiger partial charge in [0.25, 0.3) is 5.91 Å². The molecule has 0 unspecified atom stereocenters. The molecule has 0 saturated carbocycles. The summed E-state index contributed by atoms with van der Waals surface area (Å²) in [5, 5.41) is 6.66. The molecule has 0 aromatic heterocycles. The number of amides is 1. The van der Waals surface area contributed by atoms with Gasteiger partial charge >= 0.3 is 0 Å². The third-order valence-electron chi connectivity index (χ3n) is 1.96. The summed E-state index contributed by atoms with van der Waals surface area (Å²) in [6.45, 7) is 0.839. The molecular formula is C10H10BrClN4O. The third kappa shape index (κ3) is 4.65. The molecule has 7 heteroatoms. The molecule has 1 rings (SSSR count). The Morgan fingerprint density at radius 1 is 1.59 bits per heavy atom. The molecule has 0 atom stereocenters. The van der Waals surface area contributed by atoms with Crippen molar-refractivity contribution in [1.29, 1.82) is 0 Å². The van der Waals surface area contributed by atoms with Crippen LogP contribution in [0.2, 0.25) is 5.02 Å². The number of halogens is 2. The van der Waals surface area contributed by atoms with E-state index in [0.717, 1.165) is 0 Å². The van der Waals surface area contributed by atoms with Gasteiger partial charge in [0.15, 0.2) is 0 Å². The van der Waals surface area contributed by atoms with Crippen molar-refractivity contribution >= 4 is 33.4 Å². The van der Waals surface area contributed by atoms with Crippen LogP contribution in [-0.2, 0) is 0 Å². The van der Waals surface area contributed by atoms with E-state index in [4.69, 9.17) is 17.1 Å². The van der Waals surface area contributed by atoms with Crippen LogP contribution >= 0.6 is 27.5 Å². The van der Waals surface area contributed by atoms with Crippen molar-refractivity contribution in [1.82, 2.24) is 5.32 Å². The van der Waals surface area contributed by atoms with Crippen LogP contribution in [0, 0.1) is 0 Å². The van der Waals surface area contributed by atoms with Crippen molar-refractivity contribution in [2.75, 3.05) is 13.1 Å². The first-order chi connectivity index (χ1) is 8.15. The van der Waals surface area contributed by atoms with E-state index >= 15 is 0 Å². The molecule has 0 heterocycles. The van der Waals surface area contributed by atoms with Gasteiger partial charge < -0.3 is 5.32 Å². The Morgan fingerprint density at radius 3 is 3.00 bits per heavy atom. The lowest BCUT2D eigenvalue weighted by Crippen LogP contribution is -2.25. The number of rotatable bonds is 5. The highest BCUT2D eigenvalue weighted by molar-refractivity contribution is 9.10. The average molecular weight is 318 g/mol. The maximum Gasteiger partial charge on any atom is 0.252 e. The van der Waals surface area contributed by atoms with Crippen LogP contribution in [0.25, 0.3) is 10.4 Å². The summed E-state index contributed by atoms with van der Waals surface area (Å²) in [5.41, 5.74) is 8.59. The maximum atomic E-state index is 11.7. The van der Waals surface area contributed by atoms with E-state index in [-0.39, 0.29) is 5.91 Å². The summed E-state index contributed by atoms with van der Waals surface area (Å²) in [6.07, 6.45) is 0.612. The van der Waals surface area contributed by atoms with E-state index < -0.39 is 0 Å². The smallest absolute Gasteiger partial charge is 0.252 e. The SMILES string of the molecule is [N-]=[N+]=NCCCNC(=O)c1ccc(Cl)cc1Br. The summed E-state index contributed by atoms with van der Waals surface area (Å²) in [5.74, 6) is -0.186. The Bertz CT molecular complexity index is 460. The number of azide groups is 1. The van der Waals surface area contributed by atoms with Gasteiger partial charge in [-0.15, -0.1) is 0 Å². The molecule has 0 radical (unpaired) electrons. The van der Waals surface area contributed by atoms with Gasteiger partial charge in [0, 0.05) is 27.5 Å². The van der Waals surface area contributed by atoms with Crippen molar-refractivity contribution in [2.24, 2.45) is 5.11 Å². The Hall–Kier alpha value is -1.23. The van der Waals surface area contributed by atoms with Gasteiger partial charge in [-0.3, -0.25) is 4.79 Å². The highest BCUT2D eigenvalue weighted by Crippen LogP contribution is 2.21. The second kappa shape index (κ2) is 7.17. The van der Waals surface area contributed by atoms with Gasteiger partial charge in [-0.25, -0.2) is 0 Å². The second-order valence-corrected chi connectivity index (χ2v) is 4.48. The molecule has 1 aromatic rings. The highest BCUT2D eigenvalue weighted by Gasteiger charge is 2.09. The predicted molar refractivity (Wildman–Crippen MR) is 70.1 cm³/mol. The molecule has 0 aliphatic rings. The van der Waals surface area contributed by atoms with E-state index in [0.29, 0.717) is 34.6 Å². The predicted octanol–water partition coefficient (Wildman–Crippen LogP) is 3.53. The van der Waals surface area contributed by atoms with E-state index in [2.05, 4.69) is 31.3 Å². The second-order valence-electron chi connectivity index (χ2n) is 3.19. The van der Waals surface area contributed by atoms with Gasteiger partial charge in [0.1, 0.15) is 0 Å². The van der Waals surface area contributed by atoms with Crippen LogP contribution in [0.1, 0.15) is 16.8 Å². The summed E-state index contributed by atoms with van der Waals surface area (Å²) in [6, 6.07) is 4.97. The lowest BCUT2D eigenvalue weighted by Gasteiger charge is -2.06. The van der Waals surface area contributed by atoms with Crippen LogP contribution in [0.3, 0.4) is 0 Å². The van der Waals surface area contributed by atoms with E-state index in [1.807, 2.05) is 0 Å². The van der Waals surface area contributed by atoms with Crippen molar-refractivity contribution < 1.29 is 4.79 Å². The van der Waals surface area contributed by atoms with Crippen LogP contribution in [0.15, 0.2) is 27.8 Å². The third-order valence-corrected chi connectivity index (χ3v) is 2.85. The minimum atomic E-state index is -0.186. The Kier molecular flexibility index (Phi) is 5.83. The minimum Gasteiger partial charge on any atom is -0.352 e. The number of carbonyl (C=O) groups is 1. The molecule has 5 nitrogen and oxygen atoms in total. The average Bonchev–Trinajstić information content (AvgIpc) is 2.28. The number of carbonyl (C=O) groups excluding carboxylic acids is 1. The van der Waals surface area contributed by atoms with Crippen LogP contribution in [-0.4, -0.2) is 19.0 Å². The lowest BCUT2D eigenvalue weighted by molar-refractivity contribution is 0.0952. The maximum absolute atomic E-state index is 11.7. The standard InChI is InChI=1S/C10H10BrClN4O/c11-9-6-7(12)2-3-8(9)10(17)14-4-1-5-15-16-13/h2-3,6H,1,4-5H2,(H,14,17). The van der Waals surface area contributed by atoms with Crippen molar-refractivity contribution in [3.05, 3.63) is 43.7 Å². The van der Waals surface area contributed by atoms with Gasteiger partial charge in [0.2, 0.25) is 0 Å². The van der Waals surface area contributed by atoms with Crippen LogP contribution in [0.4, 0.5) is 0 Å². The molecule has 0 spiro atoms. The zero-order valence-corrected chi connectivity index (χ0v) is 11.2. The summed E-state index contributed by atoms with van der Waals surface area (Å²) in [4.78, 5) is 14.3. The van der Waals surface area contributed by atoms with E-state index in [1.165, 1.54) is 0 Å². The summed E-state index contributed by atoms with van der Waals surface area (Å²) >= 11 is 9.04. The molecule has 17 heavy (non-hydrogen) atoms. The van der Waals surface area contributed by atoms with E-state index in [1.54, 1.807) is 18.2 Å². The van der Waals surface area contributed by atoms with Crippen LogP contribution in [0.5, 0.6) is 0 Å². The van der Waals surface area contributed by atoms with Gasteiger partial charge in [-0.05, 0) is 46.1 Å². The molecular weight excluding hydrogens is 307 g/mol. The topological polar surface area (TPSA) is 77.9 Å². The summed E-state index contributed by atoms with van der Waals surface area (Å²) < 4.78 is 0.651. The molecule has 1 amide bonds. The number of hydrogen-bond acceptors (Lipinski definition) is 2. The molecule has 0 aliphatic heterocycles. The Labute approximate surface area is 112 Å². The fourth-order valence-electron chi connectivity index (χ4n) is 1.17. The molecule has 0 fully saturated rings. The zero-order chi connectivity index (χ0) is 12.7. The molecule has 0 aliphatic carbocycles. The lowest BCUT2D eigenvalue weighted by atomic mass is 10.2. The van der Waals surface area contributed by atoms with E-state index in [9.17, 15) is 4.79 Å². The van der Waals surface area contributed by atoms with Crippen molar-refractivity contribution in [2.45, 2.75) is 6.42 Å². The quantitative estimate of drug-likeness (QED) is 0.383. The van der Waals surface area contributed by atoms with Gasteiger partial charge in [-0.2, -0.15) is 0 Å². The van der Waals surface area contributed by atoms with Crippen molar-refractivity contribution in [3.8, 4) is 0 Å². The summed E-state index contributed by atoms with van der Waals surface area (Å²) in [7, 11) is 0. The Balaban J connectivity index is 2.49. The Morgan fingerprint density at radius 2 is 2.35 bits per heavy atom. The van der Waals surface area contributed by atoms with Gasteiger partial charge in [-0.1, -0.05) is 16.7 Å². The molecule has 0 bridgehead atoms. The number of nitrogens with one attached hydrogen (secondary N) is 1. The monoisotopic (exact) mass is 316 g/mol. The first-order valence-corrected chi connectivity index (χ1v) is 6.06. The molecule has 90 valence electrons.